The van der Waals surface area contributed by atoms with E-state index in [1.54, 1.807) is 0 Å². The van der Waals surface area contributed by atoms with Crippen molar-refractivity contribution in [3.63, 3.8) is 0 Å². The topological polar surface area (TPSA) is 149 Å². The fourth-order valence-corrected chi connectivity index (χ4v) is 9.14. The van der Waals surface area contributed by atoms with Gasteiger partial charge in [-0.05, 0) is 12.8 Å². The van der Waals surface area contributed by atoms with E-state index in [0.717, 1.165) is 38.5 Å². The number of phosphoric ester groups is 1. The van der Waals surface area contributed by atoms with E-state index in [1.807, 2.05) is 0 Å². The molecule has 0 fully saturated rings. The lowest BCUT2D eigenvalue weighted by molar-refractivity contribution is -0.153. The first-order valence-corrected chi connectivity index (χ1v) is 29.0. The number of aliphatic hydroxyl groups excluding tert-OH is 2. The van der Waals surface area contributed by atoms with Crippen LogP contribution in [0, 0.1) is 0 Å². The summed E-state index contributed by atoms with van der Waals surface area (Å²) in [6.45, 7) is 2.29. The molecule has 0 heterocycles. The summed E-state index contributed by atoms with van der Waals surface area (Å²) in [6.07, 6.45) is 50.8. The predicted octanol–water partition coefficient (Wildman–Crippen LogP) is 15.7. The summed E-state index contributed by atoms with van der Waals surface area (Å²) in [6, 6.07) is 0. The van der Waals surface area contributed by atoms with Gasteiger partial charge in [0.2, 0.25) is 0 Å². The predicted molar refractivity (Wildman–Crippen MR) is 266 cm³/mol. The summed E-state index contributed by atoms with van der Waals surface area (Å²) >= 11 is 0. The maximum Gasteiger partial charge on any atom is 0.472 e. The lowest BCUT2D eigenvalue weighted by Gasteiger charge is -2.20. The van der Waals surface area contributed by atoms with Gasteiger partial charge in [-0.25, -0.2) is 4.57 Å². The van der Waals surface area contributed by atoms with Gasteiger partial charge >= 0.3 is 19.8 Å². The van der Waals surface area contributed by atoms with Crippen molar-refractivity contribution in [2.75, 3.05) is 26.4 Å². The number of carbonyl (C=O) groups excluding carboxylic acids is 2. The molecule has 0 aromatic carbocycles. The fourth-order valence-electron chi connectivity index (χ4n) is 8.36. The summed E-state index contributed by atoms with van der Waals surface area (Å²) in [5, 5.41) is 19.3. The van der Waals surface area contributed by atoms with Crippen molar-refractivity contribution in [2.24, 2.45) is 0 Å². The third-order valence-corrected chi connectivity index (χ3v) is 13.5. The Morgan fingerprint density at radius 1 is 0.359 bits per heavy atom. The van der Waals surface area contributed by atoms with Gasteiger partial charge in [0.15, 0.2) is 0 Å². The number of ether oxygens (including phenoxy) is 2. The van der Waals surface area contributed by atoms with Crippen LogP contribution in [0.3, 0.4) is 0 Å². The molecule has 0 aromatic rings. The Morgan fingerprint density at radius 2 is 0.547 bits per heavy atom. The molecule has 64 heavy (non-hydrogen) atoms. The highest BCUT2D eigenvalue weighted by molar-refractivity contribution is 7.47. The summed E-state index contributed by atoms with van der Waals surface area (Å²) in [7, 11) is -4.64. The molecule has 0 bridgehead atoms. The number of esters is 2. The van der Waals surface area contributed by atoms with Gasteiger partial charge in [-0.2, -0.15) is 0 Å². The van der Waals surface area contributed by atoms with Crippen LogP contribution < -0.4 is 0 Å². The van der Waals surface area contributed by atoms with Gasteiger partial charge in [0.1, 0.15) is 12.2 Å². The standard InChI is InChI=1S/C53H105O10P/c1-3-5-7-9-11-13-15-17-19-21-23-24-25-26-27-29-31-33-35-37-39-41-43-45-53(57)63-51(47-55)49-61-64(58,59)60-48-50(46-54)62-52(56)44-42-40-38-36-34-32-30-28-22-20-18-16-14-12-10-8-6-4-2/h50-51,54-55H,3-49H2,1-2H3,(H,58,59). The molecule has 0 amide bonds. The molecule has 0 aliphatic heterocycles. The molecule has 0 radical (unpaired) electrons. The molecule has 382 valence electrons. The molecular weight excluding hydrogens is 828 g/mol. The van der Waals surface area contributed by atoms with Gasteiger partial charge in [-0.1, -0.05) is 264 Å². The highest BCUT2D eigenvalue weighted by Gasteiger charge is 2.27. The van der Waals surface area contributed by atoms with Crippen molar-refractivity contribution >= 4 is 19.8 Å². The van der Waals surface area contributed by atoms with Crippen molar-refractivity contribution in [1.82, 2.24) is 0 Å². The van der Waals surface area contributed by atoms with Gasteiger partial charge in [0.25, 0.3) is 0 Å². The van der Waals surface area contributed by atoms with Crippen molar-refractivity contribution < 1.29 is 47.8 Å². The zero-order valence-electron chi connectivity index (χ0n) is 42.0. The van der Waals surface area contributed by atoms with Crippen LogP contribution in [-0.2, 0) is 32.7 Å². The molecule has 0 saturated heterocycles. The molecule has 0 rings (SSSR count). The first-order chi connectivity index (χ1) is 31.3. The van der Waals surface area contributed by atoms with Gasteiger partial charge < -0.3 is 24.6 Å². The normalized spacial score (nSPS) is 13.5. The molecule has 11 heteroatoms. The minimum Gasteiger partial charge on any atom is -0.457 e. The van der Waals surface area contributed by atoms with Crippen molar-refractivity contribution in [3.05, 3.63) is 0 Å². The maximum absolute atomic E-state index is 12.4. The summed E-state index contributed by atoms with van der Waals surface area (Å²) in [5.41, 5.74) is 0. The number of aliphatic hydroxyl groups is 2. The van der Waals surface area contributed by atoms with E-state index in [9.17, 15) is 29.3 Å². The Labute approximate surface area is 394 Å². The van der Waals surface area contributed by atoms with Crippen LogP contribution in [0.2, 0.25) is 0 Å². The number of hydrogen-bond donors (Lipinski definition) is 3. The van der Waals surface area contributed by atoms with E-state index in [4.69, 9.17) is 18.5 Å². The van der Waals surface area contributed by atoms with E-state index in [-0.39, 0.29) is 12.8 Å². The Kier molecular flexibility index (Phi) is 49.1. The third kappa shape index (κ3) is 47.5. The molecular formula is C53H105O10P. The van der Waals surface area contributed by atoms with Gasteiger partial charge in [-0.15, -0.1) is 0 Å². The van der Waals surface area contributed by atoms with Crippen LogP contribution in [0.25, 0.3) is 0 Å². The average molecular weight is 933 g/mol. The highest BCUT2D eigenvalue weighted by atomic mass is 31.2. The maximum atomic E-state index is 12.4. The first-order valence-electron chi connectivity index (χ1n) is 27.5. The van der Waals surface area contributed by atoms with Crippen LogP contribution in [0.5, 0.6) is 0 Å². The lowest BCUT2D eigenvalue weighted by atomic mass is 10.0. The number of unbranched alkanes of at least 4 members (excludes halogenated alkanes) is 39. The second kappa shape index (κ2) is 49.9. The number of carbonyl (C=O) groups is 2. The van der Waals surface area contributed by atoms with E-state index >= 15 is 0 Å². The third-order valence-electron chi connectivity index (χ3n) is 12.6. The largest absolute Gasteiger partial charge is 0.472 e. The zero-order valence-corrected chi connectivity index (χ0v) is 42.9. The van der Waals surface area contributed by atoms with Crippen molar-refractivity contribution in [1.29, 1.82) is 0 Å². The summed E-state index contributed by atoms with van der Waals surface area (Å²) < 4.78 is 32.8. The number of phosphoric acid groups is 1. The molecule has 3 unspecified atom stereocenters. The molecule has 0 aliphatic rings. The van der Waals surface area contributed by atoms with E-state index in [1.165, 1.54) is 212 Å². The van der Waals surface area contributed by atoms with E-state index in [0.29, 0.717) is 12.8 Å². The van der Waals surface area contributed by atoms with Crippen LogP contribution in [0.15, 0.2) is 0 Å². The minimum atomic E-state index is -4.64. The minimum absolute atomic E-state index is 0.200. The molecule has 3 N–H and O–H groups in total. The zero-order chi connectivity index (χ0) is 46.9. The van der Waals surface area contributed by atoms with Crippen molar-refractivity contribution in [2.45, 2.75) is 302 Å². The summed E-state index contributed by atoms with van der Waals surface area (Å²) in [4.78, 5) is 34.7. The molecule has 0 spiro atoms. The van der Waals surface area contributed by atoms with Crippen molar-refractivity contribution in [3.8, 4) is 0 Å². The quantitative estimate of drug-likeness (QED) is 0.0306. The molecule has 0 aliphatic carbocycles. The lowest BCUT2D eigenvalue weighted by Crippen LogP contribution is -2.28. The second-order valence-corrected chi connectivity index (χ2v) is 20.4. The van der Waals surface area contributed by atoms with Crippen LogP contribution in [0.4, 0.5) is 0 Å². The highest BCUT2D eigenvalue weighted by Crippen LogP contribution is 2.43. The number of rotatable bonds is 53. The van der Waals surface area contributed by atoms with E-state index in [2.05, 4.69) is 13.8 Å². The second-order valence-electron chi connectivity index (χ2n) is 18.9. The Hall–Kier alpha value is -1.03. The molecule has 0 aromatic heterocycles. The first kappa shape index (κ1) is 63.0. The monoisotopic (exact) mass is 933 g/mol. The SMILES string of the molecule is CCCCCCCCCCCCCCCCCCCCCCCCCC(=O)OC(CO)COP(=O)(O)OCC(CO)OC(=O)CCCCCCCCCCCCCCCCCCCC. The van der Waals surface area contributed by atoms with Gasteiger partial charge in [0, 0.05) is 12.8 Å². The molecule has 10 nitrogen and oxygen atoms in total. The molecule has 0 saturated carbocycles. The van der Waals surface area contributed by atoms with Gasteiger partial charge in [0.05, 0.1) is 26.4 Å². The van der Waals surface area contributed by atoms with E-state index < -0.39 is 58.4 Å². The van der Waals surface area contributed by atoms with Crippen LogP contribution in [-0.4, -0.2) is 65.7 Å². The Balaban J connectivity index is 3.75. The summed E-state index contributed by atoms with van der Waals surface area (Å²) in [5.74, 6) is -0.997. The fraction of sp³-hybridized carbons (Fsp3) is 0.962. The average Bonchev–Trinajstić information content (AvgIpc) is 3.29. The van der Waals surface area contributed by atoms with Crippen LogP contribution >= 0.6 is 7.82 Å². The number of hydrogen-bond acceptors (Lipinski definition) is 9. The molecule has 3 atom stereocenters. The van der Waals surface area contributed by atoms with Gasteiger partial charge in [-0.3, -0.25) is 18.6 Å². The Morgan fingerprint density at radius 3 is 0.734 bits per heavy atom. The Bertz CT molecular complexity index is 1030. The smallest absolute Gasteiger partial charge is 0.457 e. The van der Waals surface area contributed by atoms with Crippen LogP contribution in [0.1, 0.15) is 290 Å².